The van der Waals surface area contributed by atoms with Crippen molar-refractivity contribution >= 4 is 22.8 Å². The minimum atomic E-state index is -0.787. The number of hydrogen-bond donors (Lipinski definition) is 0. The van der Waals surface area contributed by atoms with E-state index in [0.717, 1.165) is 37.4 Å². The van der Waals surface area contributed by atoms with Gasteiger partial charge in [0.15, 0.2) is 12.0 Å². The van der Waals surface area contributed by atoms with Crippen LogP contribution in [0.2, 0.25) is 0 Å². The van der Waals surface area contributed by atoms with Gasteiger partial charge in [0.05, 0.1) is 5.39 Å². The molecule has 0 bridgehead atoms. The van der Waals surface area contributed by atoms with Gasteiger partial charge in [-0.15, -0.1) is 0 Å². The van der Waals surface area contributed by atoms with Gasteiger partial charge in [0.1, 0.15) is 5.58 Å². The number of carbonyl (C=O) groups is 2. The van der Waals surface area contributed by atoms with Crippen LogP contribution < -0.4 is 5.43 Å². The topological polar surface area (TPSA) is 76.8 Å². The zero-order valence-corrected chi connectivity index (χ0v) is 16.1. The minimum Gasteiger partial charge on any atom is -0.450 e. The summed E-state index contributed by atoms with van der Waals surface area (Å²) in [5.41, 5.74) is 0.963. The molecule has 0 radical (unpaired) electrons. The minimum absolute atomic E-state index is 0.163. The maximum absolute atomic E-state index is 12.7. The second-order valence-corrected chi connectivity index (χ2v) is 7.89. The van der Waals surface area contributed by atoms with E-state index in [1.807, 2.05) is 11.8 Å². The normalized spacial score (nSPS) is 22.0. The predicted molar refractivity (Wildman–Crippen MR) is 104 cm³/mol. The van der Waals surface area contributed by atoms with Crippen LogP contribution in [0.1, 0.15) is 54.6 Å². The number of nitrogens with zero attached hydrogens (tertiary/aromatic N) is 1. The first-order valence-electron chi connectivity index (χ1n) is 10.0. The Morgan fingerprint density at radius 3 is 2.79 bits per heavy atom. The van der Waals surface area contributed by atoms with Crippen LogP contribution in [0.5, 0.6) is 0 Å². The first-order valence-corrected chi connectivity index (χ1v) is 10.0. The first kappa shape index (κ1) is 18.7. The highest BCUT2D eigenvalue weighted by Gasteiger charge is 2.35. The number of carbonyl (C=O) groups excluding carboxylic acids is 2. The molecular formula is C22H25NO5. The predicted octanol–water partition coefficient (Wildman–Crippen LogP) is 3.44. The molecule has 1 aromatic heterocycles. The molecule has 4 rings (SSSR count). The van der Waals surface area contributed by atoms with Gasteiger partial charge in [-0.2, -0.15) is 0 Å². The van der Waals surface area contributed by atoms with Gasteiger partial charge >= 0.3 is 5.97 Å². The van der Waals surface area contributed by atoms with Crippen LogP contribution in [0.25, 0.3) is 11.0 Å². The van der Waals surface area contributed by atoms with Crippen molar-refractivity contribution in [1.82, 2.24) is 4.90 Å². The number of rotatable bonds is 3. The van der Waals surface area contributed by atoms with Crippen LogP contribution >= 0.6 is 0 Å². The molecule has 1 saturated heterocycles. The fourth-order valence-corrected chi connectivity index (χ4v) is 4.59. The van der Waals surface area contributed by atoms with Crippen molar-refractivity contribution in [2.75, 3.05) is 13.2 Å². The summed E-state index contributed by atoms with van der Waals surface area (Å²) in [6.07, 6.45) is 6.76. The molecule has 6 nitrogen and oxygen atoms in total. The quantitative estimate of drug-likeness (QED) is 0.759. The lowest BCUT2D eigenvalue weighted by Gasteiger charge is -2.44. The van der Waals surface area contributed by atoms with Crippen LogP contribution in [0, 0.1) is 12.8 Å². The third-order valence-electron chi connectivity index (χ3n) is 5.97. The smallest absolute Gasteiger partial charge is 0.374 e. The van der Waals surface area contributed by atoms with E-state index in [4.69, 9.17) is 9.15 Å². The van der Waals surface area contributed by atoms with Crippen molar-refractivity contribution in [3.63, 3.8) is 0 Å². The summed E-state index contributed by atoms with van der Waals surface area (Å²) < 4.78 is 10.7. The fourth-order valence-electron chi connectivity index (χ4n) is 4.59. The zero-order valence-electron chi connectivity index (χ0n) is 16.1. The average Bonchev–Trinajstić information content (AvgIpc) is 2.71. The summed E-state index contributed by atoms with van der Waals surface area (Å²) in [6, 6.07) is 6.59. The molecule has 1 saturated carbocycles. The largest absolute Gasteiger partial charge is 0.450 e. The SMILES string of the molecule is Cc1ccc2oc(C(=O)OCC(=O)N3CCC[C@@H]4CCCC[C@H]43)cc(=O)c2c1. The van der Waals surface area contributed by atoms with Crippen LogP contribution in [0.15, 0.2) is 33.5 Å². The van der Waals surface area contributed by atoms with E-state index in [2.05, 4.69) is 0 Å². The van der Waals surface area contributed by atoms with Gasteiger partial charge < -0.3 is 14.1 Å². The highest BCUT2D eigenvalue weighted by molar-refractivity contribution is 5.90. The van der Waals surface area contributed by atoms with Crippen LogP contribution in [-0.4, -0.2) is 36.0 Å². The van der Waals surface area contributed by atoms with Crippen LogP contribution in [-0.2, 0) is 9.53 Å². The van der Waals surface area contributed by atoms with Gasteiger partial charge in [-0.25, -0.2) is 4.79 Å². The molecule has 0 N–H and O–H groups in total. The Balaban J connectivity index is 1.44. The Hall–Kier alpha value is -2.63. The molecule has 148 valence electrons. The molecule has 0 unspecified atom stereocenters. The van der Waals surface area contributed by atoms with E-state index in [-0.39, 0.29) is 29.7 Å². The summed E-state index contributed by atoms with van der Waals surface area (Å²) in [7, 11) is 0. The third kappa shape index (κ3) is 3.68. The lowest BCUT2D eigenvalue weighted by Crippen LogP contribution is -2.50. The highest BCUT2D eigenvalue weighted by Crippen LogP contribution is 2.35. The van der Waals surface area contributed by atoms with Gasteiger partial charge in [0, 0.05) is 18.7 Å². The number of aryl methyl sites for hydroxylation is 1. The molecule has 1 amide bonds. The molecular weight excluding hydrogens is 358 g/mol. The summed E-state index contributed by atoms with van der Waals surface area (Å²) >= 11 is 0. The monoisotopic (exact) mass is 383 g/mol. The number of piperidine rings is 1. The second kappa shape index (κ2) is 7.78. The Labute approximate surface area is 163 Å². The molecule has 1 aliphatic heterocycles. The number of benzene rings is 1. The lowest BCUT2D eigenvalue weighted by molar-refractivity contribution is -0.140. The molecule has 2 heterocycles. The van der Waals surface area contributed by atoms with Crippen molar-refractivity contribution in [3.8, 4) is 0 Å². The second-order valence-electron chi connectivity index (χ2n) is 7.89. The van der Waals surface area contributed by atoms with E-state index >= 15 is 0 Å². The molecule has 1 aromatic carbocycles. The molecule has 28 heavy (non-hydrogen) atoms. The number of hydrogen-bond acceptors (Lipinski definition) is 5. The van der Waals surface area contributed by atoms with Gasteiger partial charge in [-0.3, -0.25) is 9.59 Å². The zero-order chi connectivity index (χ0) is 19.7. The van der Waals surface area contributed by atoms with E-state index in [1.54, 1.807) is 18.2 Å². The van der Waals surface area contributed by atoms with E-state index < -0.39 is 5.97 Å². The fraction of sp³-hybridized carbons (Fsp3) is 0.500. The van der Waals surface area contributed by atoms with Crippen LogP contribution in [0.4, 0.5) is 0 Å². The van der Waals surface area contributed by atoms with Crippen LogP contribution in [0.3, 0.4) is 0 Å². The van der Waals surface area contributed by atoms with Gasteiger partial charge in [0.25, 0.3) is 5.91 Å². The number of likely N-dealkylation sites (tertiary alicyclic amines) is 1. The summed E-state index contributed by atoms with van der Waals surface area (Å²) in [6.45, 7) is 2.28. The average molecular weight is 383 g/mol. The number of amides is 1. The van der Waals surface area contributed by atoms with Gasteiger partial charge in [-0.1, -0.05) is 24.5 Å². The Kier molecular flexibility index (Phi) is 5.20. The number of esters is 1. The molecule has 2 aromatic rings. The molecule has 0 spiro atoms. The number of ether oxygens (including phenoxy) is 1. The number of fused-ring (bicyclic) bond motifs is 2. The van der Waals surface area contributed by atoms with E-state index in [9.17, 15) is 14.4 Å². The van der Waals surface area contributed by atoms with Crippen molar-refractivity contribution in [2.24, 2.45) is 5.92 Å². The van der Waals surface area contributed by atoms with Crippen molar-refractivity contribution in [2.45, 2.75) is 51.5 Å². The van der Waals surface area contributed by atoms with Crippen molar-refractivity contribution < 1.29 is 18.7 Å². The molecule has 1 aliphatic carbocycles. The Morgan fingerprint density at radius 1 is 1.14 bits per heavy atom. The Bertz CT molecular complexity index is 961. The van der Waals surface area contributed by atoms with E-state index in [1.165, 1.54) is 19.3 Å². The maximum atomic E-state index is 12.7. The molecule has 6 heteroatoms. The standard InChI is InChI=1S/C22H25NO5/c1-14-8-9-19-16(11-14)18(24)12-20(28-19)22(26)27-13-21(25)23-10-4-6-15-5-2-3-7-17(15)23/h8-9,11-12,15,17H,2-7,10,13H2,1H3/t15-,17+/m0/s1. The lowest BCUT2D eigenvalue weighted by atomic mass is 9.78. The Morgan fingerprint density at radius 2 is 1.93 bits per heavy atom. The third-order valence-corrected chi connectivity index (χ3v) is 5.97. The van der Waals surface area contributed by atoms with Crippen molar-refractivity contribution in [3.05, 3.63) is 45.8 Å². The highest BCUT2D eigenvalue weighted by atomic mass is 16.5. The summed E-state index contributed by atoms with van der Waals surface area (Å²) in [5, 5.41) is 0.421. The van der Waals surface area contributed by atoms with Gasteiger partial charge in [-0.05, 0) is 50.7 Å². The summed E-state index contributed by atoms with van der Waals surface area (Å²) in [4.78, 5) is 39.2. The molecule has 2 atom stereocenters. The molecule has 2 aliphatic rings. The maximum Gasteiger partial charge on any atom is 0.374 e. The summed E-state index contributed by atoms with van der Waals surface area (Å²) in [5.74, 6) is -0.554. The van der Waals surface area contributed by atoms with Gasteiger partial charge in [0.2, 0.25) is 5.76 Å². The molecule has 2 fully saturated rings. The van der Waals surface area contributed by atoms with Crippen molar-refractivity contribution in [1.29, 1.82) is 0 Å². The first-order chi connectivity index (χ1) is 13.5. The van der Waals surface area contributed by atoms with E-state index in [0.29, 0.717) is 16.9 Å².